The molecule has 1 rings (SSSR count). The van der Waals surface area contributed by atoms with E-state index < -0.39 is 0 Å². The predicted molar refractivity (Wildman–Crippen MR) is 69.8 cm³/mol. The van der Waals surface area contributed by atoms with Crippen molar-refractivity contribution in [2.24, 2.45) is 0 Å². The monoisotopic (exact) mass is 234 g/mol. The Bertz CT molecular complexity index is 363. The SMILES string of the molecule is CC(=O)CCCCN(C)Cc1cccc(C)n1. The molecule has 0 saturated heterocycles. The highest BCUT2D eigenvalue weighted by Crippen LogP contribution is 2.04. The van der Waals surface area contributed by atoms with Crippen LogP contribution in [0.15, 0.2) is 18.2 Å². The molecule has 0 amide bonds. The van der Waals surface area contributed by atoms with E-state index in [1.807, 2.05) is 19.1 Å². The van der Waals surface area contributed by atoms with Gasteiger partial charge in [-0.2, -0.15) is 0 Å². The van der Waals surface area contributed by atoms with Gasteiger partial charge in [-0.05, 0) is 52.4 Å². The number of nitrogens with zero attached hydrogens (tertiary/aromatic N) is 2. The summed E-state index contributed by atoms with van der Waals surface area (Å²) in [5, 5.41) is 0. The van der Waals surface area contributed by atoms with Crippen LogP contribution in [0, 0.1) is 6.92 Å². The molecule has 3 heteroatoms. The number of hydrogen-bond acceptors (Lipinski definition) is 3. The van der Waals surface area contributed by atoms with Gasteiger partial charge in [0.05, 0.1) is 5.69 Å². The summed E-state index contributed by atoms with van der Waals surface area (Å²) in [4.78, 5) is 17.5. The molecular formula is C14H22N2O. The lowest BCUT2D eigenvalue weighted by Gasteiger charge is -2.15. The first kappa shape index (κ1) is 13.8. The molecule has 0 spiro atoms. The lowest BCUT2D eigenvalue weighted by molar-refractivity contribution is -0.117. The van der Waals surface area contributed by atoms with Gasteiger partial charge in [-0.25, -0.2) is 0 Å². The van der Waals surface area contributed by atoms with E-state index in [1.165, 1.54) is 0 Å². The zero-order valence-corrected chi connectivity index (χ0v) is 11.1. The summed E-state index contributed by atoms with van der Waals surface area (Å²) in [7, 11) is 2.10. The van der Waals surface area contributed by atoms with E-state index in [0.29, 0.717) is 6.42 Å². The average Bonchev–Trinajstić information content (AvgIpc) is 2.24. The zero-order valence-electron chi connectivity index (χ0n) is 11.1. The van der Waals surface area contributed by atoms with Crippen LogP contribution in [0.25, 0.3) is 0 Å². The van der Waals surface area contributed by atoms with E-state index in [0.717, 1.165) is 37.3 Å². The zero-order chi connectivity index (χ0) is 12.7. The second kappa shape index (κ2) is 7.17. The number of pyridine rings is 1. The van der Waals surface area contributed by atoms with Crippen molar-refractivity contribution in [3.8, 4) is 0 Å². The topological polar surface area (TPSA) is 33.2 Å². The van der Waals surface area contributed by atoms with Crippen molar-refractivity contribution in [1.29, 1.82) is 0 Å². The van der Waals surface area contributed by atoms with E-state index in [2.05, 4.69) is 23.0 Å². The summed E-state index contributed by atoms with van der Waals surface area (Å²) in [6.45, 7) is 5.56. The van der Waals surface area contributed by atoms with Crippen LogP contribution >= 0.6 is 0 Å². The maximum Gasteiger partial charge on any atom is 0.129 e. The third-order valence-electron chi connectivity index (χ3n) is 2.70. The first-order chi connectivity index (χ1) is 8.08. The van der Waals surface area contributed by atoms with E-state index in [1.54, 1.807) is 6.92 Å². The molecule has 1 aromatic heterocycles. The molecule has 0 radical (unpaired) electrons. The highest BCUT2D eigenvalue weighted by molar-refractivity contribution is 5.75. The van der Waals surface area contributed by atoms with Gasteiger partial charge in [0, 0.05) is 18.7 Å². The summed E-state index contributed by atoms with van der Waals surface area (Å²) in [6.07, 6.45) is 2.76. The minimum atomic E-state index is 0.285. The maximum absolute atomic E-state index is 10.8. The van der Waals surface area contributed by atoms with E-state index >= 15 is 0 Å². The van der Waals surface area contributed by atoms with E-state index in [9.17, 15) is 4.79 Å². The van der Waals surface area contributed by atoms with Gasteiger partial charge < -0.3 is 9.69 Å². The lowest BCUT2D eigenvalue weighted by atomic mass is 10.2. The second-order valence-corrected chi connectivity index (χ2v) is 4.67. The fourth-order valence-electron chi connectivity index (χ4n) is 1.80. The third-order valence-corrected chi connectivity index (χ3v) is 2.70. The van der Waals surface area contributed by atoms with Crippen molar-refractivity contribution >= 4 is 5.78 Å². The largest absolute Gasteiger partial charge is 0.301 e. The predicted octanol–water partition coefficient (Wildman–Crippen LogP) is 2.58. The molecule has 0 unspecified atom stereocenters. The molecule has 0 aliphatic rings. The Morgan fingerprint density at radius 3 is 2.76 bits per heavy atom. The summed E-state index contributed by atoms with van der Waals surface area (Å²) < 4.78 is 0. The molecule has 17 heavy (non-hydrogen) atoms. The third kappa shape index (κ3) is 6.17. The molecule has 0 aliphatic carbocycles. The number of carbonyl (C=O) groups is 1. The average molecular weight is 234 g/mol. The fraction of sp³-hybridized carbons (Fsp3) is 0.571. The molecule has 1 aromatic rings. The minimum Gasteiger partial charge on any atom is -0.301 e. The number of carbonyl (C=O) groups excluding carboxylic acids is 1. The van der Waals surface area contributed by atoms with Gasteiger partial charge >= 0.3 is 0 Å². The van der Waals surface area contributed by atoms with E-state index in [-0.39, 0.29) is 5.78 Å². The van der Waals surface area contributed by atoms with Gasteiger partial charge in [0.15, 0.2) is 0 Å². The Labute approximate surface area is 104 Å². The molecule has 1 heterocycles. The molecule has 0 fully saturated rings. The molecular weight excluding hydrogens is 212 g/mol. The van der Waals surface area contributed by atoms with Gasteiger partial charge in [-0.1, -0.05) is 6.07 Å². The molecule has 0 N–H and O–H groups in total. The van der Waals surface area contributed by atoms with Crippen LogP contribution in [0.4, 0.5) is 0 Å². The highest BCUT2D eigenvalue weighted by atomic mass is 16.1. The van der Waals surface area contributed by atoms with Crippen molar-refractivity contribution < 1.29 is 4.79 Å². The van der Waals surface area contributed by atoms with Crippen molar-refractivity contribution in [3.05, 3.63) is 29.6 Å². The van der Waals surface area contributed by atoms with Gasteiger partial charge in [0.2, 0.25) is 0 Å². The first-order valence-electron chi connectivity index (χ1n) is 6.18. The Morgan fingerprint density at radius 2 is 2.12 bits per heavy atom. The van der Waals surface area contributed by atoms with Gasteiger partial charge in [0.25, 0.3) is 0 Å². The Kier molecular flexibility index (Phi) is 5.84. The number of hydrogen-bond donors (Lipinski definition) is 0. The molecule has 0 aliphatic heterocycles. The van der Waals surface area contributed by atoms with Crippen LogP contribution < -0.4 is 0 Å². The molecule has 0 bridgehead atoms. The van der Waals surface area contributed by atoms with Gasteiger partial charge in [-0.15, -0.1) is 0 Å². The number of rotatable bonds is 7. The minimum absolute atomic E-state index is 0.285. The summed E-state index contributed by atoms with van der Waals surface area (Å²) in [5.41, 5.74) is 2.17. The standard InChI is InChI=1S/C14H22N2O/c1-12-7-6-9-14(15-12)11-16(3)10-5-4-8-13(2)17/h6-7,9H,4-5,8,10-11H2,1-3H3. The highest BCUT2D eigenvalue weighted by Gasteiger charge is 2.02. The molecule has 3 nitrogen and oxygen atoms in total. The van der Waals surface area contributed by atoms with Crippen molar-refractivity contribution in [2.45, 2.75) is 39.7 Å². The van der Waals surface area contributed by atoms with Crippen LogP contribution in [0.2, 0.25) is 0 Å². The number of aryl methyl sites for hydroxylation is 1. The normalized spacial score (nSPS) is 10.8. The van der Waals surface area contributed by atoms with Crippen molar-refractivity contribution in [2.75, 3.05) is 13.6 Å². The van der Waals surface area contributed by atoms with Gasteiger partial charge in [-0.3, -0.25) is 4.98 Å². The van der Waals surface area contributed by atoms with Crippen molar-refractivity contribution in [3.63, 3.8) is 0 Å². The number of Topliss-reactive ketones (excluding diaryl/α,β-unsaturated/α-hetero) is 1. The van der Waals surface area contributed by atoms with E-state index in [4.69, 9.17) is 0 Å². The maximum atomic E-state index is 10.8. The number of unbranched alkanes of at least 4 members (excludes halogenated alkanes) is 1. The molecule has 0 atom stereocenters. The van der Waals surface area contributed by atoms with Crippen LogP contribution in [-0.4, -0.2) is 29.3 Å². The summed E-state index contributed by atoms with van der Waals surface area (Å²) in [5.74, 6) is 0.285. The Balaban J connectivity index is 2.25. The van der Waals surface area contributed by atoms with Crippen molar-refractivity contribution in [1.82, 2.24) is 9.88 Å². The quantitative estimate of drug-likeness (QED) is 0.680. The molecule has 0 aromatic carbocycles. The van der Waals surface area contributed by atoms with Gasteiger partial charge in [0.1, 0.15) is 5.78 Å². The first-order valence-corrected chi connectivity index (χ1v) is 6.18. The fourth-order valence-corrected chi connectivity index (χ4v) is 1.80. The lowest BCUT2D eigenvalue weighted by Crippen LogP contribution is -2.20. The Hall–Kier alpha value is -1.22. The smallest absolute Gasteiger partial charge is 0.129 e. The van der Waals surface area contributed by atoms with Crippen LogP contribution in [0.3, 0.4) is 0 Å². The molecule has 94 valence electrons. The summed E-state index contributed by atoms with van der Waals surface area (Å²) in [6, 6.07) is 6.11. The van der Waals surface area contributed by atoms with Crippen LogP contribution in [0.5, 0.6) is 0 Å². The molecule has 0 saturated carbocycles. The number of aromatic nitrogens is 1. The van der Waals surface area contributed by atoms with Crippen LogP contribution in [-0.2, 0) is 11.3 Å². The second-order valence-electron chi connectivity index (χ2n) is 4.67. The summed E-state index contributed by atoms with van der Waals surface area (Å²) >= 11 is 0. The van der Waals surface area contributed by atoms with Crippen LogP contribution in [0.1, 0.15) is 37.6 Å². The number of ketones is 1. The Morgan fingerprint density at radius 1 is 1.35 bits per heavy atom.